The minimum Gasteiger partial charge on any atom is -0.497 e. The second-order valence-corrected chi connectivity index (χ2v) is 7.55. The van der Waals surface area contributed by atoms with E-state index in [1.54, 1.807) is 7.11 Å². The van der Waals surface area contributed by atoms with E-state index in [1.807, 2.05) is 67.6 Å². The summed E-state index contributed by atoms with van der Waals surface area (Å²) in [5, 5.41) is 4.64. The average molecular weight is 446 g/mol. The Labute approximate surface area is 187 Å². The van der Waals surface area contributed by atoms with Crippen molar-refractivity contribution in [3.8, 4) is 17.2 Å². The Bertz CT molecular complexity index is 944. The van der Waals surface area contributed by atoms with Crippen LogP contribution in [0.1, 0.15) is 23.6 Å². The van der Waals surface area contributed by atoms with E-state index < -0.39 is 0 Å². The van der Waals surface area contributed by atoms with Gasteiger partial charge >= 0.3 is 0 Å². The third-order valence-electron chi connectivity index (χ3n) is 4.48. The zero-order chi connectivity index (χ0) is 21.3. The molecule has 0 aliphatic carbocycles. The Balaban J connectivity index is 1.64. The van der Waals surface area contributed by atoms with Gasteiger partial charge in [-0.2, -0.15) is 0 Å². The Hall–Kier alpha value is -2.40. The van der Waals surface area contributed by atoms with E-state index in [0.717, 1.165) is 23.4 Å². The first-order chi connectivity index (χ1) is 14.6. The van der Waals surface area contributed by atoms with E-state index in [4.69, 9.17) is 37.4 Å². The minimum atomic E-state index is 0.381. The highest BCUT2D eigenvalue weighted by Gasteiger charge is 2.13. The number of methoxy groups -OCH3 is 1. The van der Waals surface area contributed by atoms with Crippen molar-refractivity contribution in [3.63, 3.8) is 0 Å². The summed E-state index contributed by atoms with van der Waals surface area (Å²) >= 11 is 12.5. The molecule has 0 fully saturated rings. The zero-order valence-electron chi connectivity index (χ0n) is 17.1. The van der Waals surface area contributed by atoms with Crippen LogP contribution in [0.25, 0.3) is 0 Å². The molecule has 0 aromatic heterocycles. The molecular weight excluding hydrogens is 421 g/mol. The van der Waals surface area contributed by atoms with Gasteiger partial charge in [0, 0.05) is 18.1 Å². The Morgan fingerprint density at radius 1 is 0.800 bits per heavy atom. The van der Waals surface area contributed by atoms with Gasteiger partial charge in [0.15, 0.2) is 11.5 Å². The highest BCUT2D eigenvalue weighted by atomic mass is 35.5. The summed E-state index contributed by atoms with van der Waals surface area (Å²) < 4.78 is 16.9. The van der Waals surface area contributed by atoms with Gasteiger partial charge in [-0.25, -0.2) is 0 Å². The number of benzene rings is 3. The fourth-order valence-corrected chi connectivity index (χ4v) is 3.37. The summed E-state index contributed by atoms with van der Waals surface area (Å²) in [7, 11) is 1.66. The van der Waals surface area contributed by atoms with E-state index in [-0.39, 0.29) is 0 Å². The first-order valence-electron chi connectivity index (χ1n) is 9.75. The lowest BCUT2D eigenvalue weighted by molar-refractivity contribution is 0.269. The van der Waals surface area contributed by atoms with Crippen LogP contribution < -0.4 is 19.5 Å². The molecule has 158 valence electrons. The van der Waals surface area contributed by atoms with Gasteiger partial charge in [0.2, 0.25) is 0 Å². The molecule has 3 aromatic carbocycles. The number of hydrogen-bond acceptors (Lipinski definition) is 4. The van der Waals surface area contributed by atoms with Crippen molar-refractivity contribution in [3.05, 3.63) is 87.4 Å². The average Bonchev–Trinajstić information content (AvgIpc) is 2.75. The molecule has 0 bridgehead atoms. The van der Waals surface area contributed by atoms with Gasteiger partial charge in [-0.3, -0.25) is 0 Å². The third-order valence-corrected chi connectivity index (χ3v) is 5.02. The van der Waals surface area contributed by atoms with Crippen LogP contribution in [-0.2, 0) is 19.7 Å². The van der Waals surface area contributed by atoms with Gasteiger partial charge in [0.05, 0.1) is 18.7 Å². The Morgan fingerprint density at radius 3 is 2.13 bits per heavy atom. The van der Waals surface area contributed by atoms with Crippen LogP contribution in [0.15, 0.2) is 60.7 Å². The zero-order valence-corrected chi connectivity index (χ0v) is 18.6. The van der Waals surface area contributed by atoms with Gasteiger partial charge < -0.3 is 19.5 Å². The predicted octanol–water partition coefficient (Wildman–Crippen LogP) is 6.27. The molecule has 0 saturated heterocycles. The lowest BCUT2D eigenvalue weighted by atomic mass is 10.1. The second kappa shape index (κ2) is 11.1. The summed E-state index contributed by atoms with van der Waals surface area (Å²) in [5.74, 6) is 2.04. The van der Waals surface area contributed by atoms with E-state index in [2.05, 4.69) is 5.32 Å². The molecule has 0 heterocycles. The Kier molecular flexibility index (Phi) is 8.26. The van der Waals surface area contributed by atoms with Crippen LogP contribution in [-0.4, -0.2) is 13.7 Å². The summed E-state index contributed by atoms with van der Waals surface area (Å²) in [6.07, 6.45) is 0. The van der Waals surface area contributed by atoms with Gasteiger partial charge in [-0.15, -0.1) is 0 Å². The van der Waals surface area contributed by atoms with Crippen molar-refractivity contribution in [1.29, 1.82) is 0 Å². The monoisotopic (exact) mass is 445 g/mol. The molecule has 3 rings (SSSR count). The summed E-state index contributed by atoms with van der Waals surface area (Å²) in [5.41, 5.74) is 3.20. The van der Waals surface area contributed by atoms with Crippen LogP contribution in [0.2, 0.25) is 10.0 Å². The van der Waals surface area contributed by atoms with Crippen molar-refractivity contribution >= 4 is 23.2 Å². The highest BCUT2D eigenvalue weighted by Crippen LogP contribution is 2.37. The van der Waals surface area contributed by atoms with Crippen molar-refractivity contribution in [2.75, 3.05) is 13.7 Å². The maximum atomic E-state index is 6.52. The van der Waals surface area contributed by atoms with Crippen LogP contribution in [0.3, 0.4) is 0 Å². The second-order valence-electron chi connectivity index (χ2n) is 6.70. The molecule has 3 aromatic rings. The van der Waals surface area contributed by atoms with E-state index in [0.29, 0.717) is 41.3 Å². The molecule has 0 radical (unpaired) electrons. The quantitative estimate of drug-likeness (QED) is 0.399. The molecular formula is C24H25Cl2NO3. The lowest BCUT2D eigenvalue weighted by Gasteiger charge is -2.16. The molecule has 0 atom stereocenters. The standard InChI is InChI=1S/C24H25Cl2NO3/c1-3-29-23-13-19(15-27-14-17-6-10-21(28-2)11-7-17)12-22(26)24(23)30-16-18-4-8-20(25)9-5-18/h4-13,27H,3,14-16H2,1-2H3. The molecule has 0 spiro atoms. The molecule has 0 amide bonds. The molecule has 30 heavy (non-hydrogen) atoms. The summed E-state index contributed by atoms with van der Waals surface area (Å²) in [6, 6.07) is 19.4. The maximum absolute atomic E-state index is 6.52. The van der Waals surface area contributed by atoms with Gasteiger partial charge in [-0.05, 0) is 60.0 Å². The first kappa shape index (κ1) is 22.3. The summed E-state index contributed by atoms with van der Waals surface area (Å²) in [6.45, 7) is 4.23. The maximum Gasteiger partial charge on any atom is 0.180 e. The molecule has 1 N–H and O–H groups in total. The predicted molar refractivity (Wildman–Crippen MR) is 122 cm³/mol. The van der Waals surface area contributed by atoms with Crippen molar-refractivity contribution in [1.82, 2.24) is 5.32 Å². The van der Waals surface area contributed by atoms with Crippen molar-refractivity contribution < 1.29 is 14.2 Å². The topological polar surface area (TPSA) is 39.7 Å². The normalized spacial score (nSPS) is 10.7. The van der Waals surface area contributed by atoms with Crippen LogP contribution in [0.5, 0.6) is 17.2 Å². The number of hydrogen-bond donors (Lipinski definition) is 1. The van der Waals surface area contributed by atoms with Crippen LogP contribution in [0.4, 0.5) is 0 Å². The molecule has 0 saturated carbocycles. The van der Waals surface area contributed by atoms with Crippen LogP contribution in [0, 0.1) is 0 Å². The number of rotatable bonds is 10. The van der Waals surface area contributed by atoms with Gasteiger partial charge in [0.1, 0.15) is 12.4 Å². The first-order valence-corrected chi connectivity index (χ1v) is 10.5. The highest BCUT2D eigenvalue weighted by molar-refractivity contribution is 6.32. The minimum absolute atomic E-state index is 0.381. The Morgan fingerprint density at radius 2 is 1.47 bits per heavy atom. The van der Waals surface area contributed by atoms with Gasteiger partial charge in [-0.1, -0.05) is 47.5 Å². The fourth-order valence-electron chi connectivity index (χ4n) is 2.96. The number of ether oxygens (including phenoxy) is 3. The van der Waals surface area contributed by atoms with E-state index in [1.165, 1.54) is 5.56 Å². The molecule has 6 heteroatoms. The third kappa shape index (κ3) is 6.30. The largest absolute Gasteiger partial charge is 0.497 e. The van der Waals surface area contributed by atoms with E-state index >= 15 is 0 Å². The molecule has 0 unspecified atom stereocenters. The molecule has 0 aliphatic rings. The summed E-state index contributed by atoms with van der Waals surface area (Å²) in [4.78, 5) is 0. The van der Waals surface area contributed by atoms with Crippen LogP contribution >= 0.6 is 23.2 Å². The van der Waals surface area contributed by atoms with E-state index in [9.17, 15) is 0 Å². The van der Waals surface area contributed by atoms with Gasteiger partial charge in [0.25, 0.3) is 0 Å². The fraction of sp³-hybridized carbons (Fsp3) is 0.250. The number of nitrogens with one attached hydrogen (secondary N) is 1. The number of halogens is 2. The van der Waals surface area contributed by atoms with Crippen molar-refractivity contribution in [2.45, 2.75) is 26.6 Å². The van der Waals surface area contributed by atoms with Crippen molar-refractivity contribution in [2.24, 2.45) is 0 Å². The lowest BCUT2D eigenvalue weighted by Crippen LogP contribution is -2.13. The SMILES string of the molecule is CCOc1cc(CNCc2ccc(OC)cc2)cc(Cl)c1OCc1ccc(Cl)cc1. The molecule has 0 aliphatic heterocycles. The smallest absolute Gasteiger partial charge is 0.180 e. The molecule has 4 nitrogen and oxygen atoms in total.